The number of halogens is 2. The minimum absolute atomic E-state index is 0.104. The number of amides is 1. The van der Waals surface area contributed by atoms with Crippen molar-refractivity contribution in [2.45, 2.75) is 63.2 Å². The topological polar surface area (TPSA) is 56.6 Å². The lowest BCUT2D eigenvalue weighted by atomic mass is 9.78. The molecule has 2 aliphatic heterocycles. The van der Waals surface area contributed by atoms with E-state index in [0.29, 0.717) is 24.5 Å². The van der Waals surface area contributed by atoms with Crippen LogP contribution in [0.25, 0.3) is 11.0 Å². The first-order chi connectivity index (χ1) is 14.3. The quantitative estimate of drug-likeness (QED) is 0.693. The van der Waals surface area contributed by atoms with Crippen LogP contribution in [0.15, 0.2) is 18.5 Å². The van der Waals surface area contributed by atoms with E-state index in [1.807, 2.05) is 9.47 Å². The zero-order valence-corrected chi connectivity index (χ0v) is 18.0. The van der Waals surface area contributed by atoms with Gasteiger partial charge in [-0.3, -0.25) is 0 Å². The molecular formula is C22H27ClFN3O3. The minimum atomic E-state index is -0.455. The van der Waals surface area contributed by atoms with Crippen LogP contribution >= 0.6 is 11.6 Å². The number of carbonyl (C=O) groups excluding carboxylic acids is 1. The van der Waals surface area contributed by atoms with Gasteiger partial charge in [-0.1, -0.05) is 11.6 Å². The van der Waals surface area contributed by atoms with Gasteiger partial charge in [-0.05, 0) is 57.4 Å². The van der Waals surface area contributed by atoms with Gasteiger partial charge < -0.3 is 18.9 Å². The van der Waals surface area contributed by atoms with Crippen molar-refractivity contribution in [1.82, 2.24) is 14.5 Å². The summed E-state index contributed by atoms with van der Waals surface area (Å²) in [5.74, 6) is -0.102. The Morgan fingerprint density at radius 2 is 2.20 bits per heavy atom. The van der Waals surface area contributed by atoms with Crippen LogP contribution in [0, 0.1) is 11.7 Å². The molecule has 3 fully saturated rings. The Bertz CT molecular complexity index is 974. The molecule has 1 saturated carbocycles. The van der Waals surface area contributed by atoms with Gasteiger partial charge in [0.15, 0.2) is 0 Å². The van der Waals surface area contributed by atoms with E-state index in [2.05, 4.69) is 11.9 Å². The third-order valence-corrected chi connectivity index (χ3v) is 7.18. The second-order valence-corrected chi connectivity index (χ2v) is 9.83. The van der Waals surface area contributed by atoms with Gasteiger partial charge in [0.05, 0.1) is 41.1 Å². The van der Waals surface area contributed by atoms with Crippen LogP contribution in [0.2, 0.25) is 5.02 Å². The SMILES string of the molecule is CC1(CN2CC3(CCCC(Cn4cnc5cc(F)c(Cl)cc54)C3)OC2=O)CCCO1. The van der Waals surface area contributed by atoms with Crippen molar-refractivity contribution in [3.63, 3.8) is 0 Å². The van der Waals surface area contributed by atoms with E-state index in [-0.39, 0.29) is 16.7 Å². The summed E-state index contributed by atoms with van der Waals surface area (Å²) in [6.45, 7) is 4.81. The summed E-state index contributed by atoms with van der Waals surface area (Å²) in [4.78, 5) is 18.8. The molecule has 3 unspecified atom stereocenters. The van der Waals surface area contributed by atoms with Crippen molar-refractivity contribution in [3.05, 3.63) is 29.3 Å². The van der Waals surface area contributed by atoms with E-state index in [9.17, 15) is 9.18 Å². The van der Waals surface area contributed by atoms with Crippen molar-refractivity contribution in [2.75, 3.05) is 19.7 Å². The molecule has 1 aromatic carbocycles. The predicted octanol–water partition coefficient (Wildman–Crippen LogP) is 4.78. The van der Waals surface area contributed by atoms with E-state index < -0.39 is 11.4 Å². The zero-order chi connectivity index (χ0) is 20.9. The number of imidazole rings is 1. The highest BCUT2D eigenvalue weighted by molar-refractivity contribution is 6.31. The Morgan fingerprint density at radius 1 is 1.33 bits per heavy atom. The van der Waals surface area contributed by atoms with Gasteiger partial charge in [0.25, 0.3) is 0 Å². The Kier molecular flexibility index (Phi) is 4.93. The molecule has 0 N–H and O–H groups in total. The highest BCUT2D eigenvalue weighted by atomic mass is 35.5. The molecule has 8 heteroatoms. The third kappa shape index (κ3) is 3.66. The monoisotopic (exact) mass is 435 g/mol. The lowest BCUT2D eigenvalue weighted by Gasteiger charge is -2.36. The first kappa shape index (κ1) is 20.1. The smallest absolute Gasteiger partial charge is 0.410 e. The van der Waals surface area contributed by atoms with Gasteiger partial charge in [0, 0.05) is 19.2 Å². The number of benzene rings is 1. The molecule has 1 aromatic heterocycles. The van der Waals surface area contributed by atoms with Crippen molar-refractivity contribution in [3.8, 4) is 0 Å². The summed E-state index contributed by atoms with van der Waals surface area (Å²) in [5, 5.41) is 0.104. The van der Waals surface area contributed by atoms with Crippen LogP contribution in [0.4, 0.5) is 9.18 Å². The lowest BCUT2D eigenvalue weighted by molar-refractivity contribution is -0.00120. The Balaban J connectivity index is 1.29. The number of hydrogen-bond acceptors (Lipinski definition) is 4. The van der Waals surface area contributed by atoms with Gasteiger partial charge in [0.2, 0.25) is 0 Å². The van der Waals surface area contributed by atoms with E-state index in [1.165, 1.54) is 6.07 Å². The fraction of sp³-hybridized carbons (Fsp3) is 0.636. The number of hydrogen-bond donors (Lipinski definition) is 0. The van der Waals surface area contributed by atoms with Crippen molar-refractivity contribution in [1.29, 1.82) is 0 Å². The molecule has 0 bridgehead atoms. The Morgan fingerprint density at radius 3 is 3.00 bits per heavy atom. The van der Waals surface area contributed by atoms with Crippen LogP contribution in [-0.2, 0) is 16.0 Å². The molecule has 3 heterocycles. The summed E-state index contributed by atoms with van der Waals surface area (Å²) in [6, 6.07) is 3.01. The minimum Gasteiger partial charge on any atom is -0.441 e. The molecular weight excluding hydrogens is 409 g/mol. The molecule has 1 spiro atoms. The highest BCUT2D eigenvalue weighted by Crippen LogP contribution is 2.41. The predicted molar refractivity (Wildman–Crippen MR) is 111 cm³/mol. The van der Waals surface area contributed by atoms with Crippen molar-refractivity contribution in [2.24, 2.45) is 5.92 Å². The summed E-state index contributed by atoms with van der Waals surface area (Å²) >= 11 is 5.98. The van der Waals surface area contributed by atoms with Gasteiger partial charge in [-0.25, -0.2) is 14.2 Å². The first-order valence-electron chi connectivity index (χ1n) is 10.8. The van der Waals surface area contributed by atoms with Gasteiger partial charge in [-0.15, -0.1) is 0 Å². The van der Waals surface area contributed by atoms with Gasteiger partial charge in [-0.2, -0.15) is 0 Å². The lowest BCUT2D eigenvalue weighted by Crippen LogP contribution is -2.44. The second-order valence-electron chi connectivity index (χ2n) is 9.42. The summed E-state index contributed by atoms with van der Waals surface area (Å²) < 4.78 is 27.6. The first-order valence-corrected chi connectivity index (χ1v) is 11.1. The average Bonchev–Trinajstić information content (AvgIpc) is 3.36. The molecule has 2 saturated heterocycles. The summed E-state index contributed by atoms with van der Waals surface area (Å²) in [7, 11) is 0. The van der Waals surface area contributed by atoms with Crippen molar-refractivity contribution < 1.29 is 18.7 Å². The molecule has 30 heavy (non-hydrogen) atoms. The maximum absolute atomic E-state index is 13.7. The fourth-order valence-electron chi connectivity index (χ4n) is 5.49. The molecule has 3 atom stereocenters. The zero-order valence-electron chi connectivity index (χ0n) is 17.2. The number of ether oxygens (including phenoxy) is 2. The van der Waals surface area contributed by atoms with E-state index in [0.717, 1.165) is 57.2 Å². The molecule has 0 radical (unpaired) electrons. The van der Waals surface area contributed by atoms with Crippen LogP contribution < -0.4 is 0 Å². The van der Waals surface area contributed by atoms with E-state index in [1.54, 1.807) is 12.4 Å². The van der Waals surface area contributed by atoms with E-state index in [4.69, 9.17) is 21.1 Å². The molecule has 2 aromatic rings. The van der Waals surface area contributed by atoms with Crippen molar-refractivity contribution >= 4 is 28.7 Å². The normalized spacial score (nSPS) is 31.8. The number of carbonyl (C=O) groups is 1. The van der Waals surface area contributed by atoms with Crippen LogP contribution in [0.1, 0.15) is 45.4 Å². The molecule has 1 aliphatic carbocycles. The molecule has 1 amide bonds. The fourth-order valence-corrected chi connectivity index (χ4v) is 5.65. The average molecular weight is 436 g/mol. The number of rotatable bonds is 4. The number of fused-ring (bicyclic) bond motifs is 1. The maximum atomic E-state index is 13.7. The maximum Gasteiger partial charge on any atom is 0.410 e. The largest absolute Gasteiger partial charge is 0.441 e. The van der Waals surface area contributed by atoms with Gasteiger partial charge in [0.1, 0.15) is 11.4 Å². The molecule has 3 aliphatic rings. The van der Waals surface area contributed by atoms with Crippen LogP contribution in [0.5, 0.6) is 0 Å². The highest BCUT2D eigenvalue weighted by Gasteiger charge is 2.49. The second kappa shape index (κ2) is 7.38. The number of nitrogens with zero attached hydrogens (tertiary/aromatic N) is 3. The van der Waals surface area contributed by atoms with Gasteiger partial charge >= 0.3 is 6.09 Å². The summed E-state index contributed by atoms with van der Waals surface area (Å²) in [5.41, 5.74) is 0.751. The molecule has 162 valence electrons. The summed E-state index contributed by atoms with van der Waals surface area (Å²) in [6.07, 6.45) is 7.33. The van der Waals surface area contributed by atoms with E-state index >= 15 is 0 Å². The molecule has 6 nitrogen and oxygen atoms in total. The number of aromatic nitrogens is 2. The molecule has 5 rings (SSSR count). The van der Waals surface area contributed by atoms with Crippen LogP contribution in [0.3, 0.4) is 0 Å². The Hall–Kier alpha value is -1.86. The Labute approximate surface area is 180 Å². The standard InChI is InChI=1S/C22H27ClFN3O3/c1-21(5-3-7-29-21)12-27-13-22(30-20(27)28)6-2-4-15(10-22)11-26-14-25-18-9-17(24)16(23)8-19(18)26/h8-9,14-15H,2-7,10-13H2,1H3. The third-order valence-electron chi connectivity index (χ3n) is 6.89. The van der Waals surface area contributed by atoms with Crippen LogP contribution in [-0.4, -0.2) is 51.4 Å².